The van der Waals surface area contributed by atoms with Gasteiger partial charge in [0, 0.05) is 17.6 Å². The number of hydrogen-bond donors (Lipinski definition) is 1. The molecule has 1 aliphatic rings. The van der Waals surface area contributed by atoms with Crippen LogP contribution in [0.5, 0.6) is 0 Å². The van der Waals surface area contributed by atoms with Gasteiger partial charge in [0.25, 0.3) is 0 Å². The number of thiazole rings is 1. The van der Waals surface area contributed by atoms with Gasteiger partial charge < -0.3 is 10.2 Å². The summed E-state index contributed by atoms with van der Waals surface area (Å²) in [4.78, 5) is 7.00. The molecule has 1 saturated heterocycles. The van der Waals surface area contributed by atoms with E-state index in [1.807, 2.05) is 6.07 Å². The van der Waals surface area contributed by atoms with Crippen molar-refractivity contribution in [3.8, 4) is 0 Å². The second-order valence-corrected chi connectivity index (χ2v) is 6.88. The van der Waals surface area contributed by atoms with E-state index >= 15 is 0 Å². The molecule has 1 aromatic heterocycles. The van der Waals surface area contributed by atoms with Crippen LogP contribution in [0.3, 0.4) is 0 Å². The van der Waals surface area contributed by atoms with Crippen molar-refractivity contribution in [3.63, 3.8) is 0 Å². The van der Waals surface area contributed by atoms with Gasteiger partial charge in [0.05, 0.1) is 10.2 Å². The van der Waals surface area contributed by atoms with Gasteiger partial charge >= 0.3 is 0 Å². The molecule has 0 aliphatic carbocycles. The van der Waals surface area contributed by atoms with E-state index in [0.29, 0.717) is 0 Å². The van der Waals surface area contributed by atoms with E-state index in [2.05, 4.69) is 50.3 Å². The summed E-state index contributed by atoms with van der Waals surface area (Å²) in [5.41, 5.74) is 1.08. The summed E-state index contributed by atoms with van der Waals surface area (Å²) < 4.78 is 2.35. The molecule has 1 aliphatic heterocycles. The molecule has 3 rings (SSSR count). The van der Waals surface area contributed by atoms with Crippen LogP contribution >= 0.6 is 27.3 Å². The van der Waals surface area contributed by atoms with E-state index in [1.165, 1.54) is 24.2 Å². The van der Waals surface area contributed by atoms with Gasteiger partial charge in [0.2, 0.25) is 0 Å². The molecule has 0 radical (unpaired) electrons. The smallest absolute Gasteiger partial charge is 0.183 e. The molecule has 1 aromatic carbocycles. The van der Waals surface area contributed by atoms with E-state index in [1.54, 1.807) is 11.3 Å². The van der Waals surface area contributed by atoms with E-state index in [9.17, 15) is 0 Å². The Morgan fingerprint density at radius 2 is 2.44 bits per heavy atom. The Morgan fingerprint density at radius 3 is 3.22 bits per heavy atom. The van der Waals surface area contributed by atoms with Crippen LogP contribution in [-0.4, -0.2) is 36.6 Å². The summed E-state index contributed by atoms with van der Waals surface area (Å²) in [6.45, 7) is 3.45. The summed E-state index contributed by atoms with van der Waals surface area (Å²) in [6.07, 6.45) is 1.29. The van der Waals surface area contributed by atoms with Crippen LogP contribution in [0, 0.1) is 5.92 Å². The molecular weight excluding hydrogens is 310 g/mol. The number of hydrogen-bond acceptors (Lipinski definition) is 4. The van der Waals surface area contributed by atoms with Gasteiger partial charge in [0.15, 0.2) is 5.13 Å². The van der Waals surface area contributed by atoms with E-state index in [0.717, 1.165) is 27.6 Å². The molecule has 0 bridgehead atoms. The third-order valence-electron chi connectivity index (χ3n) is 3.38. The zero-order valence-corrected chi connectivity index (χ0v) is 12.7. The summed E-state index contributed by atoms with van der Waals surface area (Å²) in [5.74, 6) is 0.758. The molecule has 0 amide bonds. The summed E-state index contributed by atoms with van der Waals surface area (Å²) >= 11 is 5.22. The third kappa shape index (κ3) is 2.68. The third-order valence-corrected chi connectivity index (χ3v) is 4.85. The number of anilines is 1. The lowest BCUT2D eigenvalue weighted by atomic mass is 10.1. The topological polar surface area (TPSA) is 28.2 Å². The molecular formula is C13H16BrN3S. The van der Waals surface area contributed by atoms with E-state index in [-0.39, 0.29) is 0 Å². The fraction of sp³-hybridized carbons (Fsp3) is 0.462. The maximum atomic E-state index is 4.61. The van der Waals surface area contributed by atoms with Gasteiger partial charge in [-0.05, 0) is 44.1 Å². The minimum absolute atomic E-state index is 0.758. The summed E-state index contributed by atoms with van der Waals surface area (Å²) in [7, 11) is 2.19. The first-order valence-electron chi connectivity index (χ1n) is 6.19. The predicted octanol–water partition coefficient (Wildman–Crippen LogP) is 3.42. The zero-order chi connectivity index (χ0) is 12.5. The number of aromatic nitrogens is 1. The number of nitrogens with zero attached hydrogens (tertiary/aromatic N) is 2. The van der Waals surface area contributed by atoms with Crippen molar-refractivity contribution in [1.29, 1.82) is 0 Å². The Bertz CT molecular complexity index is 554. The number of likely N-dealkylation sites (tertiary alicyclic amines) is 1. The highest BCUT2D eigenvalue weighted by Crippen LogP contribution is 2.28. The molecule has 1 atom stereocenters. The van der Waals surface area contributed by atoms with Crippen molar-refractivity contribution in [1.82, 2.24) is 9.88 Å². The molecule has 1 fully saturated rings. The minimum Gasteiger partial charge on any atom is -0.361 e. The Hall–Kier alpha value is -0.650. The number of nitrogens with one attached hydrogen (secondary N) is 1. The fourth-order valence-corrected chi connectivity index (χ4v) is 3.82. The quantitative estimate of drug-likeness (QED) is 0.937. The highest BCUT2D eigenvalue weighted by atomic mass is 79.9. The van der Waals surface area contributed by atoms with E-state index < -0.39 is 0 Å². The van der Waals surface area contributed by atoms with Crippen LogP contribution in [0.4, 0.5) is 5.13 Å². The molecule has 0 saturated carbocycles. The van der Waals surface area contributed by atoms with Gasteiger partial charge in [-0.2, -0.15) is 0 Å². The fourth-order valence-electron chi connectivity index (χ4n) is 2.40. The number of benzene rings is 1. The van der Waals surface area contributed by atoms with E-state index in [4.69, 9.17) is 0 Å². The lowest BCUT2D eigenvalue weighted by Crippen LogP contribution is -2.18. The predicted molar refractivity (Wildman–Crippen MR) is 81.4 cm³/mol. The molecule has 2 heterocycles. The standard InChI is InChI=1S/C13H16BrN3S/c1-17-5-4-9(8-17)7-15-13-16-11-3-2-10(14)6-12(11)18-13/h2-3,6,9H,4-5,7-8H2,1H3,(H,15,16). The van der Waals surface area contributed by atoms with Gasteiger partial charge in [-0.3, -0.25) is 0 Å². The Labute approximate surface area is 119 Å². The second-order valence-electron chi connectivity index (χ2n) is 4.93. The van der Waals surface area contributed by atoms with Crippen molar-refractivity contribution in [2.75, 3.05) is 32.0 Å². The molecule has 3 nitrogen and oxygen atoms in total. The average Bonchev–Trinajstić information content (AvgIpc) is 2.92. The largest absolute Gasteiger partial charge is 0.361 e. The maximum absolute atomic E-state index is 4.61. The summed E-state index contributed by atoms with van der Waals surface area (Å²) in [5, 5.41) is 4.52. The van der Waals surface area contributed by atoms with Crippen LogP contribution in [-0.2, 0) is 0 Å². The van der Waals surface area contributed by atoms with Gasteiger partial charge in [0.1, 0.15) is 0 Å². The van der Waals surface area contributed by atoms with Crippen LogP contribution < -0.4 is 5.32 Å². The van der Waals surface area contributed by atoms with Gasteiger partial charge in [-0.1, -0.05) is 27.3 Å². The van der Waals surface area contributed by atoms with Gasteiger partial charge in [-0.15, -0.1) is 0 Å². The first-order valence-corrected chi connectivity index (χ1v) is 7.80. The molecule has 96 valence electrons. The van der Waals surface area contributed by atoms with Crippen molar-refractivity contribution < 1.29 is 0 Å². The monoisotopic (exact) mass is 325 g/mol. The SMILES string of the molecule is CN1CCC(CNc2nc3ccc(Br)cc3s2)C1. The molecule has 5 heteroatoms. The first-order chi connectivity index (χ1) is 8.70. The van der Waals surface area contributed by atoms with Crippen LogP contribution in [0.25, 0.3) is 10.2 Å². The molecule has 1 N–H and O–H groups in total. The molecule has 0 spiro atoms. The molecule has 1 unspecified atom stereocenters. The highest BCUT2D eigenvalue weighted by Gasteiger charge is 2.19. The minimum atomic E-state index is 0.758. The Kier molecular flexibility index (Phi) is 3.54. The number of fused-ring (bicyclic) bond motifs is 1. The Morgan fingerprint density at radius 1 is 1.56 bits per heavy atom. The molecule has 18 heavy (non-hydrogen) atoms. The van der Waals surface area contributed by atoms with Crippen LogP contribution in [0.15, 0.2) is 22.7 Å². The van der Waals surface area contributed by atoms with Crippen LogP contribution in [0.1, 0.15) is 6.42 Å². The first kappa shape index (κ1) is 12.4. The summed E-state index contributed by atoms with van der Waals surface area (Å²) in [6, 6.07) is 6.23. The lowest BCUT2D eigenvalue weighted by Gasteiger charge is -2.10. The lowest BCUT2D eigenvalue weighted by molar-refractivity contribution is 0.399. The maximum Gasteiger partial charge on any atom is 0.183 e. The molecule has 2 aromatic rings. The highest BCUT2D eigenvalue weighted by molar-refractivity contribution is 9.10. The average molecular weight is 326 g/mol. The number of rotatable bonds is 3. The Balaban J connectivity index is 1.67. The van der Waals surface area contributed by atoms with Gasteiger partial charge in [-0.25, -0.2) is 4.98 Å². The number of halogens is 1. The zero-order valence-electron chi connectivity index (χ0n) is 10.3. The van der Waals surface area contributed by atoms with Crippen molar-refractivity contribution in [2.45, 2.75) is 6.42 Å². The van der Waals surface area contributed by atoms with Crippen LogP contribution in [0.2, 0.25) is 0 Å². The van der Waals surface area contributed by atoms with Crippen molar-refractivity contribution >= 4 is 42.6 Å². The second kappa shape index (κ2) is 5.15. The van der Waals surface area contributed by atoms with Crippen molar-refractivity contribution in [3.05, 3.63) is 22.7 Å². The van der Waals surface area contributed by atoms with Crippen molar-refractivity contribution in [2.24, 2.45) is 5.92 Å². The normalized spacial score (nSPS) is 20.7.